The highest BCUT2D eigenvalue weighted by Gasteiger charge is 2.52. The average Bonchev–Trinajstić information content (AvgIpc) is 2.71. The van der Waals surface area contributed by atoms with Crippen LogP contribution in [0.3, 0.4) is 0 Å². The molecule has 1 fully saturated rings. The van der Waals surface area contributed by atoms with Crippen LogP contribution in [0.25, 0.3) is 11.3 Å². The zero-order chi connectivity index (χ0) is 21.5. The summed E-state index contributed by atoms with van der Waals surface area (Å²) in [6.07, 6.45) is 1.57. The van der Waals surface area contributed by atoms with E-state index in [2.05, 4.69) is 20.2 Å². The number of nitrogens with zero attached hydrogens (tertiary/aromatic N) is 5. The topological polar surface area (TPSA) is 92.1 Å². The maximum atomic E-state index is 14.4. The van der Waals surface area contributed by atoms with Crippen molar-refractivity contribution in [3.05, 3.63) is 65.6 Å². The van der Waals surface area contributed by atoms with Crippen LogP contribution >= 0.6 is 0 Å². The maximum Gasteiger partial charge on any atom is 0.335 e. The molecule has 7 nitrogen and oxygen atoms in total. The molecule has 0 radical (unpaired) electrons. The van der Waals surface area contributed by atoms with E-state index in [9.17, 15) is 18.0 Å². The number of benzene rings is 1. The molecule has 1 saturated carbocycles. The molecule has 3 aromatic rings. The van der Waals surface area contributed by atoms with E-state index in [1.807, 2.05) is 0 Å². The van der Waals surface area contributed by atoms with Gasteiger partial charge in [0.15, 0.2) is 0 Å². The molecule has 1 aromatic carbocycles. The first-order valence-corrected chi connectivity index (χ1v) is 9.03. The van der Waals surface area contributed by atoms with Crippen LogP contribution in [-0.2, 0) is 5.54 Å². The number of carbonyl (C=O) groups is 1. The van der Waals surface area contributed by atoms with E-state index < -0.39 is 29.3 Å². The molecule has 0 amide bonds. The Balaban J connectivity index is 1.68. The number of rotatable bonds is 5. The van der Waals surface area contributed by atoms with E-state index in [-0.39, 0.29) is 41.3 Å². The molecule has 2 aromatic heterocycles. The van der Waals surface area contributed by atoms with E-state index in [1.165, 1.54) is 29.4 Å². The Kier molecular flexibility index (Phi) is 4.84. The standard InChI is InChI=1S/C20H16F3N5O2/c1-28(20(8-12(21)9-20)17-15(23)3-2-6-24-17)19-25-10-16(26-27-19)13-7-11(18(29)30)4-5-14(13)22/h2-7,10,12H,8-9H2,1H3,(H,29,30)/t12-,20-. The normalized spacial score (nSPS) is 20.5. The second kappa shape index (κ2) is 7.36. The summed E-state index contributed by atoms with van der Waals surface area (Å²) in [5.41, 5.74) is -1.12. The van der Waals surface area contributed by atoms with Gasteiger partial charge in [-0.2, -0.15) is 0 Å². The number of alkyl halides is 1. The first-order chi connectivity index (χ1) is 14.3. The summed E-state index contributed by atoms with van der Waals surface area (Å²) in [7, 11) is 1.59. The minimum Gasteiger partial charge on any atom is -0.478 e. The molecule has 10 heteroatoms. The van der Waals surface area contributed by atoms with Gasteiger partial charge in [0.1, 0.15) is 29.2 Å². The van der Waals surface area contributed by atoms with Gasteiger partial charge in [0.2, 0.25) is 5.95 Å². The van der Waals surface area contributed by atoms with E-state index in [1.54, 1.807) is 7.05 Å². The van der Waals surface area contributed by atoms with Crippen molar-refractivity contribution < 1.29 is 23.1 Å². The van der Waals surface area contributed by atoms with Gasteiger partial charge in [-0.25, -0.2) is 22.9 Å². The van der Waals surface area contributed by atoms with Crippen LogP contribution in [0.4, 0.5) is 19.1 Å². The van der Waals surface area contributed by atoms with E-state index in [0.29, 0.717) is 0 Å². The minimum absolute atomic E-state index is 0.0117. The predicted octanol–water partition coefficient (Wildman–Crippen LogP) is 3.37. The average molecular weight is 415 g/mol. The Morgan fingerprint density at radius 3 is 2.53 bits per heavy atom. The molecule has 4 rings (SSSR count). The van der Waals surface area contributed by atoms with E-state index >= 15 is 0 Å². The lowest BCUT2D eigenvalue weighted by atomic mass is 9.71. The fraction of sp³-hybridized carbons (Fsp3) is 0.250. The number of carboxylic acid groups (broad SMARTS) is 1. The fourth-order valence-corrected chi connectivity index (χ4v) is 3.62. The first kappa shape index (κ1) is 19.7. The van der Waals surface area contributed by atoms with Gasteiger partial charge in [-0.15, -0.1) is 10.2 Å². The molecule has 30 heavy (non-hydrogen) atoms. The van der Waals surface area contributed by atoms with Crippen molar-refractivity contribution in [2.75, 3.05) is 11.9 Å². The molecule has 2 heterocycles. The summed E-state index contributed by atoms with van der Waals surface area (Å²) >= 11 is 0. The molecule has 1 N–H and O–H groups in total. The number of aromatic carboxylic acids is 1. The van der Waals surface area contributed by atoms with Crippen LogP contribution in [0, 0.1) is 11.6 Å². The molecule has 0 bridgehead atoms. The van der Waals surface area contributed by atoms with Crippen molar-refractivity contribution in [1.82, 2.24) is 20.2 Å². The molecule has 1 aliphatic carbocycles. The van der Waals surface area contributed by atoms with Gasteiger partial charge < -0.3 is 10.0 Å². The highest BCUT2D eigenvalue weighted by Crippen LogP contribution is 2.48. The second-order valence-corrected chi connectivity index (χ2v) is 7.07. The first-order valence-electron chi connectivity index (χ1n) is 9.03. The Hall–Kier alpha value is -3.56. The summed E-state index contributed by atoms with van der Waals surface area (Å²) in [5.74, 6) is -2.37. The number of carboxylic acids is 1. The molecular formula is C20H16F3N5O2. The molecule has 0 saturated heterocycles. The maximum absolute atomic E-state index is 14.4. The van der Waals surface area contributed by atoms with Crippen molar-refractivity contribution in [3.8, 4) is 11.3 Å². The summed E-state index contributed by atoms with van der Waals surface area (Å²) in [4.78, 5) is 20.9. The fourth-order valence-electron chi connectivity index (χ4n) is 3.62. The second-order valence-electron chi connectivity index (χ2n) is 7.07. The molecule has 0 unspecified atom stereocenters. The number of hydrogen-bond acceptors (Lipinski definition) is 6. The number of aromatic nitrogens is 4. The smallest absolute Gasteiger partial charge is 0.335 e. The predicted molar refractivity (Wildman–Crippen MR) is 101 cm³/mol. The van der Waals surface area contributed by atoms with Crippen LogP contribution in [0.5, 0.6) is 0 Å². The molecule has 1 aliphatic rings. The minimum atomic E-state index is -1.21. The molecule has 0 atom stereocenters. The summed E-state index contributed by atoms with van der Waals surface area (Å²) in [5, 5.41) is 17.0. The Labute approximate surface area is 169 Å². The van der Waals surface area contributed by atoms with Gasteiger partial charge in [-0.1, -0.05) is 0 Å². The van der Waals surface area contributed by atoms with Gasteiger partial charge >= 0.3 is 5.97 Å². The molecule has 0 spiro atoms. The molecule has 154 valence electrons. The number of anilines is 1. The monoisotopic (exact) mass is 415 g/mol. The zero-order valence-electron chi connectivity index (χ0n) is 15.8. The molecular weight excluding hydrogens is 399 g/mol. The third-order valence-electron chi connectivity index (χ3n) is 5.30. The third kappa shape index (κ3) is 3.23. The number of hydrogen-bond donors (Lipinski definition) is 1. The van der Waals surface area contributed by atoms with Crippen molar-refractivity contribution in [2.45, 2.75) is 24.6 Å². The largest absolute Gasteiger partial charge is 0.478 e. The zero-order valence-corrected chi connectivity index (χ0v) is 15.8. The Bertz CT molecular complexity index is 1100. The molecule has 0 aliphatic heterocycles. The van der Waals surface area contributed by atoms with Crippen molar-refractivity contribution in [1.29, 1.82) is 0 Å². The van der Waals surface area contributed by atoms with E-state index in [4.69, 9.17) is 5.11 Å². The van der Waals surface area contributed by atoms with Gasteiger partial charge in [-0.3, -0.25) is 4.98 Å². The summed E-state index contributed by atoms with van der Waals surface area (Å²) < 4.78 is 42.3. The lowest BCUT2D eigenvalue weighted by molar-refractivity contribution is 0.0696. The van der Waals surface area contributed by atoms with Crippen molar-refractivity contribution in [3.63, 3.8) is 0 Å². The number of halogens is 3. The van der Waals surface area contributed by atoms with Crippen LogP contribution in [0.1, 0.15) is 28.9 Å². The van der Waals surface area contributed by atoms with Gasteiger partial charge in [0, 0.05) is 31.6 Å². The SMILES string of the molecule is CN(c1ncc(-c2cc(C(=O)O)ccc2F)nn1)[C@]1(c2ncccc2F)C[C@@H](F)C1. The van der Waals surface area contributed by atoms with Gasteiger partial charge in [0.25, 0.3) is 0 Å². The lowest BCUT2D eigenvalue weighted by Crippen LogP contribution is -2.56. The van der Waals surface area contributed by atoms with Crippen molar-refractivity contribution in [2.24, 2.45) is 0 Å². The lowest BCUT2D eigenvalue weighted by Gasteiger charge is -2.49. The van der Waals surface area contributed by atoms with Crippen molar-refractivity contribution >= 4 is 11.9 Å². The Morgan fingerprint density at radius 2 is 1.93 bits per heavy atom. The summed E-state index contributed by atoms with van der Waals surface area (Å²) in [6.45, 7) is 0. The van der Waals surface area contributed by atoms with Crippen LogP contribution < -0.4 is 4.90 Å². The Morgan fingerprint density at radius 1 is 1.17 bits per heavy atom. The van der Waals surface area contributed by atoms with Gasteiger partial charge in [-0.05, 0) is 30.3 Å². The quantitative estimate of drug-likeness (QED) is 0.683. The van der Waals surface area contributed by atoms with Gasteiger partial charge in [0.05, 0.1) is 17.3 Å². The summed E-state index contributed by atoms with van der Waals surface area (Å²) in [6, 6.07) is 6.00. The third-order valence-corrected chi connectivity index (χ3v) is 5.30. The van der Waals surface area contributed by atoms with E-state index in [0.717, 1.165) is 18.2 Å². The highest BCUT2D eigenvalue weighted by atomic mass is 19.1. The van der Waals surface area contributed by atoms with Crippen LogP contribution in [0.2, 0.25) is 0 Å². The van der Waals surface area contributed by atoms with Crippen LogP contribution in [0.15, 0.2) is 42.7 Å². The highest BCUT2D eigenvalue weighted by molar-refractivity contribution is 5.89. The number of pyridine rings is 1. The van der Waals surface area contributed by atoms with Crippen LogP contribution in [-0.4, -0.2) is 44.5 Å².